The van der Waals surface area contributed by atoms with E-state index in [2.05, 4.69) is 9.80 Å². The number of piperazine rings is 1. The number of hydrogen-bond donors (Lipinski definition) is 0. The Bertz CT molecular complexity index is 983. The van der Waals surface area contributed by atoms with E-state index in [1.54, 1.807) is 30.3 Å². The van der Waals surface area contributed by atoms with E-state index in [-0.39, 0.29) is 17.6 Å². The van der Waals surface area contributed by atoms with Crippen LogP contribution in [0.4, 0.5) is 17.6 Å². The van der Waals surface area contributed by atoms with E-state index in [4.69, 9.17) is 0 Å². The summed E-state index contributed by atoms with van der Waals surface area (Å²) in [4.78, 5) is 4.66. The number of halogens is 4. The van der Waals surface area contributed by atoms with Crippen molar-refractivity contribution in [3.05, 3.63) is 107 Å². The summed E-state index contributed by atoms with van der Waals surface area (Å²) in [5.74, 6) is -2.07. The average molecular weight is 457 g/mol. The molecule has 4 rings (SSSR count). The highest BCUT2D eigenvalue weighted by Crippen LogP contribution is 2.30. The smallest absolute Gasteiger partial charge is 0.159 e. The maximum atomic E-state index is 13.4. The average Bonchev–Trinajstić information content (AvgIpc) is 2.82. The van der Waals surface area contributed by atoms with Gasteiger partial charge < -0.3 is 4.90 Å². The second-order valence-corrected chi connectivity index (χ2v) is 8.66. The summed E-state index contributed by atoms with van der Waals surface area (Å²) in [5.41, 5.74) is 2.84. The van der Waals surface area contributed by atoms with Crippen LogP contribution in [-0.4, -0.2) is 42.5 Å². The first-order valence-corrected chi connectivity index (χ1v) is 11.4. The van der Waals surface area contributed by atoms with Crippen molar-refractivity contribution in [3.63, 3.8) is 0 Å². The van der Waals surface area contributed by atoms with Gasteiger partial charge in [-0.05, 0) is 72.5 Å². The van der Waals surface area contributed by atoms with Gasteiger partial charge in [0.25, 0.3) is 0 Å². The highest BCUT2D eigenvalue weighted by Gasteiger charge is 2.19. The Morgan fingerprint density at radius 3 is 1.73 bits per heavy atom. The van der Waals surface area contributed by atoms with Gasteiger partial charge in [0.15, 0.2) is 11.6 Å². The fourth-order valence-electron chi connectivity index (χ4n) is 4.50. The van der Waals surface area contributed by atoms with Gasteiger partial charge >= 0.3 is 0 Å². The van der Waals surface area contributed by atoms with Crippen molar-refractivity contribution in [2.75, 3.05) is 32.7 Å². The normalized spacial score (nSPS) is 15.3. The zero-order valence-corrected chi connectivity index (χ0v) is 18.5. The highest BCUT2D eigenvalue weighted by molar-refractivity contribution is 5.32. The van der Waals surface area contributed by atoms with E-state index < -0.39 is 11.6 Å². The van der Waals surface area contributed by atoms with Crippen LogP contribution in [-0.2, 0) is 6.54 Å². The van der Waals surface area contributed by atoms with Crippen LogP contribution >= 0.6 is 0 Å². The number of hydrogen-bond acceptors (Lipinski definition) is 2. The second kappa shape index (κ2) is 10.9. The van der Waals surface area contributed by atoms with Crippen LogP contribution in [0.1, 0.15) is 35.4 Å². The third-order valence-corrected chi connectivity index (χ3v) is 6.37. The van der Waals surface area contributed by atoms with Gasteiger partial charge in [0.2, 0.25) is 0 Å². The maximum absolute atomic E-state index is 13.4. The lowest BCUT2D eigenvalue weighted by Gasteiger charge is -2.35. The molecule has 0 aliphatic carbocycles. The predicted octanol–water partition coefficient (Wildman–Crippen LogP) is 5.97. The first-order valence-electron chi connectivity index (χ1n) is 11.4. The van der Waals surface area contributed by atoms with E-state index in [1.807, 2.05) is 0 Å². The van der Waals surface area contributed by atoms with Crippen molar-refractivity contribution in [1.82, 2.24) is 9.80 Å². The third kappa shape index (κ3) is 6.42. The summed E-state index contributed by atoms with van der Waals surface area (Å²) in [5, 5.41) is 0. The molecule has 1 aliphatic heterocycles. The molecule has 0 radical (unpaired) electrons. The zero-order chi connectivity index (χ0) is 23.2. The molecule has 174 valence electrons. The Morgan fingerprint density at radius 1 is 0.636 bits per heavy atom. The molecule has 1 aliphatic rings. The van der Waals surface area contributed by atoms with Crippen molar-refractivity contribution >= 4 is 0 Å². The van der Waals surface area contributed by atoms with E-state index >= 15 is 0 Å². The molecule has 1 fully saturated rings. The molecule has 1 saturated heterocycles. The van der Waals surface area contributed by atoms with Gasteiger partial charge in [-0.3, -0.25) is 4.90 Å². The first kappa shape index (κ1) is 23.5. The molecule has 3 aromatic rings. The van der Waals surface area contributed by atoms with Gasteiger partial charge in [-0.2, -0.15) is 0 Å². The van der Waals surface area contributed by atoms with E-state index in [9.17, 15) is 17.6 Å². The molecule has 0 bridgehead atoms. The largest absolute Gasteiger partial charge is 0.301 e. The summed E-state index contributed by atoms with van der Waals surface area (Å²) in [7, 11) is 0. The van der Waals surface area contributed by atoms with Crippen molar-refractivity contribution in [1.29, 1.82) is 0 Å². The van der Waals surface area contributed by atoms with Gasteiger partial charge in [-0.15, -0.1) is 0 Å². The minimum atomic E-state index is -0.817. The van der Waals surface area contributed by atoms with Gasteiger partial charge in [-0.1, -0.05) is 30.3 Å². The molecule has 33 heavy (non-hydrogen) atoms. The van der Waals surface area contributed by atoms with Crippen LogP contribution < -0.4 is 0 Å². The number of nitrogens with zero attached hydrogens (tertiary/aromatic N) is 2. The van der Waals surface area contributed by atoms with Crippen molar-refractivity contribution in [2.24, 2.45) is 0 Å². The van der Waals surface area contributed by atoms with Gasteiger partial charge in [0.1, 0.15) is 11.6 Å². The summed E-state index contributed by atoms with van der Waals surface area (Å²) >= 11 is 0. The summed E-state index contributed by atoms with van der Waals surface area (Å²) < 4.78 is 53.4. The SMILES string of the molecule is Fc1ccc(C(CCCN2CCN(Cc3ccc(F)c(F)c3)CC2)c2ccc(F)cc2)cc1. The molecule has 3 aromatic carbocycles. The van der Waals surface area contributed by atoms with Gasteiger partial charge in [-0.25, -0.2) is 17.6 Å². The minimum Gasteiger partial charge on any atom is -0.301 e. The molecule has 0 amide bonds. The lowest BCUT2D eigenvalue weighted by molar-refractivity contribution is 0.125. The molecule has 0 unspecified atom stereocenters. The lowest BCUT2D eigenvalue weighted by atomic mass is 9.87. The van der Waals surface area contributed by atoms with E-state index in [0.29, 0.717) is 6.54 Å². The summed E-state index contributed by atoms with van der Waals surface area (Å²) in [6, 6.07) is 17.2. The molecule has 0 N–H and O–H groups in total. The van der Waals surface area contributed by atoms with Crippen molar-refractivity contribution in [3.8, 4) is 0 Å². The molecule has 2 nitrogen and oxygen atoms in total. The van der Waals surface area contributed by atoms with E-state index in [0.717, 1.165) is 62.3 Å². The Morgan fingerprint density at radius 2 is 1.18 bits per heavy atom. The van der Waals surface area contributed by atoms with E-state index in [1.165, 1.54) is 36.4 Å². The molecule has 0 aromatic heterocycles. The van der Waals surface area contributed by atoms with Crippen molar-refractivity contribution in [2.45, 2.75) is 25.3 Å². The second-order valence-electron chi connectivity index (χ2n) is 8.66. The molecule has 6 heteroatoms. The van der Waals surface area contributed by atoms with Crippen LogP contribution in [0.2, 0.25) is 0 Å². The molecular formula is C27H28F4N2. The first-order chi connectivity index (χ1) is 16.0. The van der Waals surface area contributed by atoms with Gasteiger partial charge in [0.05, 0.1) is 0 Å². The van der Waals surface area contributed by atoms with Gasteiger partial charge in [0, 0.05) is 38.6 Å². The van der Waals surface area contributed by atoms with Crippen LogP contribution in [0, 0.1) is 23.3 Å². The molecule has 0 saturated carbocycles. The zero-order valence-electron chi connectivity index (χ0n) is 18.5. The highest BCUT2D eigenvalue weighted by atomic mass is 19.2. The van der Waals surface area contributed by atoms with Crippen LogP contribution in [0.3, 0.4) is 0 Å². The fourth-order valence-corrected chi connectivity index (χ4v) is 4.50. The Kier molecular flexibility index (Phi) is 7.78. The maximum Gasteiger partial charge on any atom is 0.159 e. The van der Waals surface area contributed by atoms with Crippen LogP contribution in [0.25, 0.3) is 0 Å². The monoisotopic (exact) mass is 456 g/mol. The Balaban J connectivity index is 1.29. The predicted molar refractivity (Wildman–Crippen MR) is 122 cm³/mol. The standard InChI is InChI=1S/C27H28F4N2/c28-23-8-4-21(5-9-23)25(22-6-10-24(29)11-7-22)2-1-13-32-14-16-33(17-15-32)19-20-3-12-26(30)27(31)18-20/h3-12,18,25H,1-2,13-17,19H2. The topological polar surface area (TPSA) is 6.48 Å². The van der Waals surface area contributed by atoms with Crippen LogP contribution in [0.15, 0.2) is 66.7 Å². The quantitative estimate of drug-likeness (QED) is 0.385. The number of rotatable bonds is 8. The Labute approximate surface area is 192 Å². The molecule has 0 spiro atoms. The summed E-state index contributed by atoms with van der Waals surface area (Å²) in [6.45, 7) is 5.14. The molecular weight excluding hydrogens is 428 g/mol. The molecule has 0 atom stereocenters. The third-order valence-electron chi connectivity index (χ3n) is 6.37. The minimum absolute atomic E-state index is 0.0841. The fraction of sp³-hybridized carbons (Fsp3) is 0.333. The Hall–Kier alpha value is -2.70. The lowest BCUT2D eigenvalue weighted by Crippen LogP contribution is -2.46. The summed E-state index contributed by atoms with van der Waals surface area (Å²) in [6.07, 6.45) is 1.84. The molecule has 1 heterocycles. The number of benzene rings is 3. The van der Waals surface area contributed by atoms with Crippen molar-refractivity contribution < 1.29 is 17.6 Å². The van der Waals surface area contributed by atoms with Crippen LogP contribution in [0.5, 0.6) is 0 Å².